The molecule has 0 aliphatic rings. The number of aryl methyl sites for hydroxylation is 2. The van der Waals surface area contributed by atoms with Gasteiger partial charge in [-0.15, -0.1) is 0 Å². The molecule has 6 nitrogen and oxygen atoms in total. The van der Waals surface area contributed by atoms with Crippen molar-refractivity contribution in [3.63, 3.8) is 0 Å². The van der Waals surface area contributed by atoms with Gasteiger partial charge in [0.15, 0.2) is 6.61 Å². The number of nitrogens with zero attached hydrogens (tertiary/aromatic N) is 1. The number of carbonyl (C=O) groups is 1. The van der Waals surface area contributed by atoms with Gasteiger partial charge in [-0.3, -0.25) is 4.79 Å². The fourth-order valence-electron chi connectivity index (χ4n) is 2.13. The first-order valence-corrected chi connectivity index (χ1v) is 7.38. The quantitative estimate of drug-likeness (QED) is 0.631. The summed E-state index contributed by atoms with van der Waals surface area (Å²) in [5.74, 6) is 0.865. The van der Waals surface area contributed by atoms with Gasteiger partial charge in [0.2, 0.25) is 0 Å². The van der Waals surface area contributed by atoms with Crippen molar-refractivity contribution >= 4 is 12.1 Å². The van der Waals surface area contributed by atoms with E-state index in [0.29, 0.717) is 17.1 Å². The Balaban J connectivity index is 1.89. The number of methoxy groups -OCH3 is 1. The minimum absolute atomic E-state index is 0.0419. The molecule has 0 saturated carbocycles. The van der Waals surface area contributed by atoms with Crippen LogP contribution in [0.1, 0.15) is 16.7 Å². The Morgan fingerprint density at radius 3 is 2.54 bits per heavy atom. The molecule has 0 bridgehead atoms. The van der Waals surface area contributed by atoms with Gasteiger partial charge in [0.25, 0.3) is 5.91 Å². The lowest BCUT2D eigenvalue weighted by molar-refractivity contribution is -0.123. The van der Waals surface area contributed by atoms with Crippen LogP contribution < -0.4 is 14.9 Å². The zero-order valence-corrected chi connectivity index (χ0v) is 13.9. The highest BCUT2D eigenvalue weighted by Gasteiger charge is 2.04. The molecule has 0 fully saturated rings. The monoisotopic (exact) mass is 328 g/mol. The second-order valence-electron chi connectivity index (χ2n) is 5.33. The number of phenols is 1. The van der Waals surface area contributed by atoms with E-state index in [1.165, 1.54) is 19.4 Å². The molecule has 2 N–H and O–H groups in total. The molecule has 2 aromatic carbocycles. The normalized spacial score (nSPS) is 10.6. The molecule has 0 radical (unpaired) electrons. The lowest BCUT2D eigenvalue weighted by atomic mass is 10.1. The zero-order chi connectivity index (χ0) is 17.5. The summed E-state index contributed by atoms with van der Waals surface area (Å²) in [5.41, 5.74) is 4.92. The molecule has 0 aliphatic carbocycles. The maximum Gasteiger partial charge on any atom is 0.277 e. The van der Waals surface area contributed by atoms with Crippen LogP contribution in [0, 0.1) is 13.8 Å². The highest BCUT2D eigenvalue weighted by molar-refractivity contribution is 5.85. The Kier molecular flexibility index (Phi) is 5.78. The smallest absolute Gasteiger partial charge is 0.277 e. The van der Waals surface area contributed by atoms with Crippen LogP contribution in [-0.4, -0.2) is 30.9 Å². The summed E-state index contributed by atoms with van der Waals surface area (Å²) in [5, 5.41) is 13.5. The van der Waals surface area contributed by atoms with Gasteiger partial charge >= 0.3 is 0 Å². The van der Waals surface area contributed by atoms with E-state index in [2.05, 4.69) is 10.5 Å². The third-order valence-corrected chi connectivity index (χ3v) is 3.19. The average molecular weight is 328 g/mol. The Morgan fingerprint density at radius 2 is 1.88 bits per heavy atom. The fraction of sp³-hybridized carbons (Fsp3) is 0.222. The third kappa shape index (κ3) is 5.01. The molecule has 0 unspecified atom stereocenters. The second-order valence-corrected chi connectivity index (χ2v) is 5.33. The molecule has 0 heterocycles. The molecule has 0 saturated heterocycles. The molecule has 0 atom stereocenters. The van der Waals surface area contributed by atoms with Crippen molar-refractivity contribution in [2.75, 3.05) is 13.7 Å². The first kappa shape index (κ1) is 17.3. The standard InChI is InChI=1S/C18H20N2O4/c1-12-6-13(2)8-16(7-12)24-11-18(22)20-19-10-14-9-15(23-3)4-5-17(14)21/h4-10,21H,11H2,1-3H3,(H,20,22)/b19-10+. The van der Waals surface area contributed by atoms with Crippen LogP contribution in [0.5, 0.6) is 17.2 Å². The van der Waals surface area contributed by atoms with Crippen LogP contribution in [0.15, 0.2) is 41.5 Å². The van der Waals surface area contributed by atoms with Crippen molar-refractivity contribution in [3.8, 4) is 17.2 Å². The van der Waals surface area contributed by atoms with Crippen molar-refractivity contribution in [3.05, 3.63) is 53.1 Å². The molecular formula is C18H20N2O4. The average Bonchev–Trinajstić information content (AvgIpc) is 2.54. The maximum absolute atomic E-state index is 11.7. The number of hydrogen-bond acceptors (Lipinski definition) is 5. The highest BCUT2D eigenvalue weighted by Crippen LogP contribution is 2.21. The molecule has 0 spiro atoms. The lowest BCUT2D eigenvalue weighted by Gasteiger charge is -2.07. The number of nitrogens with one attached hydrogen (secondary N) is 1. The van der Waals surface area contributed by atoms with Crippen LogP contribution >= 0.6 is 0 Å². The Morgan fingerprint density at radius 1 is 1.17 bits per heavy atom. The Bertz CT molecular complexity index is 736. The minimum atomic E-state index is -0.396. The maximum atomic E-state index is 11.7. The molecule has 126 valence electrons. The molecule has 6 heteroatoms. The van der Waals surface area contributed by atoms with Crippen molar-refractivity contribution in [1.82, 2.24) is 5.43 Å². The summed E-state index contributed by atoms with van der Waals surface area (Å²) in [6.45, 7) is 3.78. The van der Waals surface area contributed by atoms with Gasteiger partial charge in [-0.25, -0.2) is 5.43 Å². The molecule has 0 aromatic heterocycles. The number of benzene rings is 2. The van der Waals surface area contributed by atoms with Gasteiger partial charge in [-0.05, 0) is 55.3 Å². The summed E-state index contributed by atoms with van der Waals surface area (Å²) in [6.07, 6.45) is 1.34. The number of rotatable bonds is 6. The van der Waals surface area contributed by atoms with Gasteiger partial charge in [0.05, 0.1) is 13.3 Å². The third-order valence-electron chi connectivity index (χ3n) is 3.19. The summed E-state index contributed by atoms with van der Waals surface area (Å²) in [7, 11) is 1.53. The van der Waals surface area contributed by atoms with E-state index < -0.39 is 5.91 Å². The van der Waals surface area contributed by atoms with Crippen molar-refractivity contribution in [2.45, 2.75) is 13.8 Å². The van der Waals surface area contributed by atoms with Crippen molar-refractivity contribution < 1.29 is 19.4 Å². The number of carbonyl (C=O) groups excluding carboxylic acids is 1. The summed E-state index contributed by atoms with van der Waals surface area (Å²) < 4.78 is 10.5. The van der Waals surface area contributed by atoms with E-state index in [9.17, 15) is 9.90 Å². The zero-order valence-electron chi connectivity index (χ0n) is 13.9. The first-order valence-electron chi connectivity index (χ1n) is 7.38. The van der Waals surface area contributed by atoms with Crippen LogP contribution in [0.3, 0.4) is 0 Å². The number of hydrogen-bond donors (Lipinski definition) is 2. The number of aromatic hydroxyl groups is 1. The largest absolute Gasteiger partial charge is 0.507 e. The summed E-state index contributed by atoms with van der Waals surface area (Å²) in [4.78, 5) is 11.7. The van der Waals surface area contributed by atoms with Gasteiger partial charge in [0, 0.05) is 5.56 Å². The van der Waals surface area contributed by atoms with Gasteiger partial charge in [-0.1, -0.05) is 6.07 Å². The molecule has 1 amide bonds. The van der Waals surface area contributed by atoms with Crippen LogP contribution in [0.25, 0.3) is 0 Å². The number of hydrazone groups is 1. The van der Waals surface area contributed by atoms with Crippen molar-refractivity contribution in [2.24, 2.45) is 5.10 Å². The van der Waals surface area contributed by atoms with E-state index in [1.54, 1.807) is 12.1 Å². The summed E-state index contributed by atoms with van der Waals surface area (Å²) in [6, 6.07) is 10.5. The molecule has 2 rings (SSSR count). The lowest BCUT2D eigenvalue weighted by Crippen LogP contribution is -2.24. The predicted molar refractivity (Wildman–Crippen MR) is 91.8 cm³/mol. The molecule has 2 aromatic rings. The minimum Gasteiger partial charge on any atom is -0.507 e. The van der Waals surface area contributed by atoms with Gasteiger partial charge in [-0.2, -0.15) is 5.10 Å². The highest BCUT2D eigenvalue weighted by atomic mass is 16.5. The van der Waals surface area contributed by atoms with E-state index in [1.807, 2.05) is 32.0 Å². The predicted octanol–water partition coefficient (Wildman–Crippen LogP) is 2.55. The van der Waals surface area contributed by atoms with Gasteiger partial charge in [0.1, 0.15) is 17.2 Å². The number of amides is 1. The Labute approximate surface area is 140 Å². The van der Waals surface area contributed by atoms with E-state index in [0.717, 1.165) is 11.1 Å². The van der Waals surface area contributed by atoms with Crippen LogP contribution in [-0.2, 0) is 4.79 Å². The Hall–Kier alpha value is -3.02. The SMILES string of the molecule is COc1ccc(O)c(/C=N/NC(=O)COc2cc(C)cc(C)c2)c1. The fourth-order valence-corrected chi connectivity index (χ4v) is 2.13. The topological polar surface area (TPSA) is 80.2 Å². The van der Waals surface area contributed by atoms with E-state index >= 15 is 0 Å². The van der Waals surface area contributed by atoms with Gasteiger partial charge < -0.3 is 14.6 Å². The molecule has 0 aliphatic heterocycles. The van der Waals surface area contributed by atoms with Crippen molar-refractivity contribution in [1.29, 1.82) is 0 Å². The first-order chi connectivity index (χ1) is 11.5. The number of phenolic OH excluding ortho intramolecular Hbond substituents is 1. The molecular weight excluding hydrogens is 308 g/mol. The van der Waals surface area contributed by atoms with E-state index in [-0.39, 0.29) is 12.4 Å². The van der Waals surface area contributed by atoms with Crippen LogP contribution in [0.4, 0.5) is 0 Å². The number of ether oxygens (including phenoxy) is 2. The summed E-state index contributed by atoms with van der Waals surface area (Å²) >= 11 is 0. The second kappa shape index (κ2) is 8.01. The van der Waals surface area contributed by atoms with E-state index in [4.69, 9.17) is 9.47 Å². The van der Waals surface area contributed by atoms with Crippen LogP contribution in [0.2, 0.25) is 0 Å². The molecule has 24 heavy (non-hydrogen) atoms.